The van der Waals surface area contributed by atoms with Crippen LogP contribution in [0, 0.1) is 10.8 Å². The van der Waals surface area contributed by atoms with E-state index in [0.29, 0.717) is 59.6 Å². The topological polar surface area (TPSA) is 126 Å². The van der Waals surface area contributed by atoms with Gasteiger partial charge >= 0.3 is 0 Å². The molecule has 9 heteroatoms. The van der Waals surface area contributed by atoms with Gasteiger partial charge in [0.25, 0.3) is 0 Å². The number of nitrogens with one attached hydrogen (secondary N) is 2. The number of fused-ring (bicyclic) bond motifs is 2. The van der Waals surface area contributed by atoms with E-state index in [1.165, 1.54) is 19.3 Å². The Hall–Kier alpha value is -3.76. The first kappa shape index (κ1) is 35.1. The lowest BCUT2D eigenvalue weighted by molar-refractivity contribution is -0.253. The molecule has 262 valence electrons. The minimum atomic E-state index is -0.544. The molecule has 2 bridgehead atoms. The number of carbonyl (C=O) groups excluding carboxylic acids is 2. The van der Waals surface area contributed by atoms with Gasteiger partial charge in [-0.2, -0.15) is 0 Å². The minimum Gasteiger partial charge on any atom is -0.397 e. The lowest BCUT2D eigenvalue weighted by Crippen LogP contribution is -2.42. The summed E-state index contributed by atoms with van der Waals surface area (Å²) < 4.78 is 13.3. The Labute approximate surface area is 290 Å². The highest BCUT2D eigenvalue weighted by Gasteiger charge is 2.50. The number of hydrogen-bond acceptors (Lipinski definition) is 7. The third-order valence-electron chi connectivity index (χ3n) is 10.3. The maximum absolute atomic E-state index is 12.7. The van der Waals surface area contributed by atoms with E-state index in [9.17, 15) is 14.7 Å². The Bertz CT molecular complexity index is 1590. The summed E-state index contributed by atoms with van der Waals surface area (Å²) in [6.07, 6.45) is 5.64. The maximum Gasteiger partial charge on any atom is 0.224 e. The summed E-state index contributed by atoms with van der Waals surface area (Å²) in [7, 11) is 0. The van der Waals surface area contributed by atoms with Crippen LogP contribution in [0.4, 0.5) is 17.1 Å². The lowest BCUT2D eigenvalue weighted by Gasteiger charge is -2.41. The molecular formula is C40H52N4O5. The van der Waals surface area contributed by atoms with Gasteiger partial charge in [-0.1, -0.05) is 69.3 Å². The fraction of sp³-hybridized carbons (Fsp3) is 0.500. The number of hydrogen-bond donors (Lipinski definition) is 4. The van der Waals surface area contributed by atoms with Crippen LogP contribution >= 0.6 is 0 Å². The maximum atomic E-state index is 12.7. The number of nitrogens with zero attached hydrogens (tertiary/aromatic N) is 1. The van der Waals surface area contributed by atoms with Gasteiger partial charge in [0.1, 0.15) is 0 Å². The zero-order valence-electron chi connectivity index (χ0n) is 29.1. The van der Waals surface area contributed by atoms with Crippen LogP contribution in [0.25, 0.3) is 0 Å². The molecule has 5 N–H and O–H groups in total. The van der Waals surface area contributed by atoms with E-state index in [2.05, 4.69) is 36.3 Å². The molecule has 0 radical (unpaired) electrons. The van der Waals surface area contributed by atoms with E-state index in [0.717, 1.165) is 36.2 Å². The number of carbonyl (C=O) groups is 2. The van der Waals surface area contributed by atoms with Crippen LogP contribution in [-0.4, -0.2) is 47.1 Å². The quantitative estimate of drug-likeness (QED) is 0.118. The zero-order valence-corrected chi connectivity index (χ0v) is 29.1. The number of aliphatic hydroxyl groups is 1. The van der Waals surface area contributed by atoms with Crippen LogP contribution in [-0.2, 0) is 25.7 Å². The Balaban J connectivity index is 1.04. The van der Waals surface area contributed by atoms with Crippen molar-refractivity contribution < 1.29 is 24.2 Å². The average Bonchev–Trinajstić information content (AvgIpc) is 3.31. The number of rotatable bonds is 12. The van der Waals surface area contributed by atoms with Crippen molar-refractivity contribution in [2.75, 3.05) is 29.5 Å². The summed E-state index contributed by atoms with van der Waals surface area (Å²) in [6, 6.07) is 23.4. The average molecular weight is 669 g/mol. The second-order valence-corrected chi connectivity index (χ2v) is 15.5. The molecule has 1 saturated carbocycles. The number of likely N-dealkylation sites (tertiary alicyclic amines) is 1. The molecule has 0 aromatic heterocycles. The highest BCUT2D eigenvalue weighted by atomic mass is 16.7. The summed E-state index contributed by atoms with van der Waals surface area (Å²) in [5, 5.41) is 15.4. The highest BCUT2D eigenvalue weighted by Crippen LogP contribution is 2.53. The minimum absolute atomic E-state index is 0.00107. The third kappa shape index (κ3) is 9.08. The van der Waals surface area contributed by atoms with E-state index in [1.807, 2.05) is 60.7 Å². The third-order valence-corrected chi connectivity index (χ3v) is 10.3. The molecule has 3 fully saturated rings. The highest BCUT2D eigenvalue weighted by molar-refractivity contribution is 5.94. The van der Waals surface area contributed by atoms with E-state index >= 15 is 0 Å². The van der Waals surface area contributed by atoms with Crippen LogP contribution in [0.5, 0.6) is 0 Å². The number of para-hydroxylation sites is 2. The molecule has 3 aromatic rings. The summed E-state index contributed by atoms with van der Waals surface area (Å²) in [6.45, 7) is 9.25. The van der Waals surface area contributed by atoms with Crippen molar-refractivity contribution in [3.63, 3.8) is 0 Å². The molecule has 3 aromatic carbocycles. The molecule has 3 aliphatic rings. The largest absolute Gasteiger partial charge is 0.397 e. The molecule has 6 rings (SSSR count). The Kier molecular flexibility index (Phi) is 10.7. The van der Waals surface area contributed by atoms with Crippen LogP contribution < -0.4 is 16.4 Å². The van der Waals surface area contributed by atoms with Crippen LogP contribution in [0.2, 0.25) is 0 Å². The molecule has 1 aliphatic carbocycles. The number of amides is 2. The van der Waals surface area contributed by atoms with Gasteiger partial charge in [-0.15, -0.1) is 0 Å². The van der Waals surface area contributed by atoms with Crippen LogP contribution in [0.1, 0.15) is 101 Å². The van der Waals surface area contributed by atoms with Crippen molar-refractivity contribution in [2.45, 2.75) is 103 Å². The predicted octanol–water partition coefficient (Wildman–Crippen LogP) is 7.34. The molecule has 5 atom stereocenters. The first-order valence-electron chi connectivity index (χ1n) is 17.8. The van der Waals surface area contributed by atoms with Crippen molar-refractivity contribution >= 4 is 28.9 Å². The molecular weight excluding hydrogens is 616 g/mol. The number of unbranched alkanes of at least 4 members (excludes halogenated alkanes) is 1. The second-order valence-electron chi connectivity index (χ2n) is 15.5. The molecule has 2 amide bonds. The predicted molar refractivity (Wildman–Crippen MR) is 193 cm³/mol. The van der Waals surface area contributed by atoms with Crippen molar-refractivity contribution in [3.8, 4) is 0 Å². The first-order valence-corrected chi connectivity index (χ1v) is 17.8. The van der Waals surface area contributed by atoms with Crippen molar-refractivity contribution in [2.24, 2.45) is 10.8 Å². The van der Waals surface area contributed by atoms with Gasteiger partial charge in [-0.25, -0.2) is 0 Å². The number of benzene rings is 3. The summed E-state index contributed by atoms with van der Waals surface area (Å²) in [5.74, 6) is -0.209. The van der Waals surface area contributed by atoms with Gasteiger partial charge in [-0.05, 0) is 78.3 Å². The lowest BCUT2D eigenvalue weighted by atomic mass is 9.65. The van der Waals surface area contributed by atoms with Crippen LogP contribution in [0.3, 0.4) is 0 Å². The summed E-state index contributed by atoms with van der Waals surface area (Å²) in [5.41, 5.74) is 11.3. The molecule has 0 spiro atoms. The number of aliphatic hydroxyl groups excluding tert-OH is 1. The number of nitrogen functional groups attached to an aromatic ring is 1. The van der Waals surface area contributed by atoms with Crippen molar-refractivity contribution in [1.82, 2.24) is 4.90 Å². The second kappa shape index (κ2) is 15.0. The summed E-state index contributed by atoms with van der Waals surface area (Å²) in [4.78, 5) is 27.6. The number of ether oxygens (including phenoxy) is 2. The Morgan fingerprint density at radius 2 is 1.55 bits per heavy atom. The smallest absolute Gasteiger partial charge is 0.224 e. The van der Waals surface area contributed by atoms with Gasteiger partial charge in [0, 0.05) is 49.6 Å². The Morgan fingerprint density at radius 3 is 2.24 bits per heavy atom. The van der Waals surface area contributed by atoms with Crippen molar-refractivity contribution in [3.05, 3.63) is 89.5 Å². The SMILES string of the molecule is CC1(C)CC2CC(C)(CN2C[C@@H]2C[C@H](c3ccc(CO)cc3)O[C@H](c3ccc(NC(=O)CCCCC(=O)Nc4ccccc4N)cc3)O2)C1. The van der Waals surface area contributed by atoms with Gasteiger partial charge < -0.3 is 30.9 Å². The van der Waals surface area contributed by atoms with Gasteiger partial charge in [-0.3, -0.25) is 14.5 Å². The van der Waals surface area contributed by atoms with Crippen molar-refractivity contribution in [1.29, 1.82) is 0 Å². The first-order chi connectivity index (χ1) is 23.5. The molecule has 49 heavy (non-hydrogen) atoms. The fourth-order valence-corrected chi connectivity index (χ4v) is 8.43. The Morgan fingerprint density at radius 1 is 0.878 bits per heavy atom. The van der Waals surface area contributed by atoms with E-state index in [-0.39, 0.29) is 30.6 Å². The van der Waals surface area contributed by atoms with E-state index in [4.69, 9.17) is 15.2 Å². The molecule has 2 heterocycles. The number of anilines is 3. The zero-order chi connectivity index (χ0) is 34.6. The monoisotopic (exact) mass is 668 g/mol. The molecule has 2 unspecified atom stereocenters. The standard InChI is InChI=1S/C40H52N4O5/c1-39(2)21-31-22-40(3,25-39)26-44(31)23-32-20-35(28-14-12-27(24-45)13-15-28)49-38(48-32)29-16-18-30(19-17-29)42-36(46)10-6-7-11-37(47)43-34-9-5-4-8-33(34)41/h4-5,8-9,12-19,31-32,35,38,45H,6-7,10-11,20-26,41H2,1-3H3,(H,42,46)(H,43,47)/t31?,32-,35+,38+,40?/m0/s1. The summed E-state index contributed by atoms with van der Waals surface area (Å²) >= 11 is 0. The van der Waals surface area contributed by atoms with Crippen LogP contribution in [0.15, 0.2) is 72.8 Å². The molecule has 2 saturated heterocycles. The molecule has 9 nitrogen and oxygen atoms in total. The van der Waals surface area contributed by atoms with E-state index in [1.54, 1.807) is 12.1 Å². The fourth-order valence-electron chi connectivity index (χ4n) is 8.43. The number of nitrogens with two attached hydrogens (primary N) is 1. The normalized spacial score (nSPS) is 26.3. The van der Waals surface area contributed by atoms with Gasteiger partial charge in [0.2, 0.25) is 11.8 Å². The van der Waals surface area contributed by atoms with Gasteiger partial charge in [0.15, 0.2) is 6.29 Å². The van der Waals surface area contributed by atoms with Gasteiger partial charge in [0.05, 0.1) is 30.2 Å². The molecule has 2 aliphatic heterocycles. The van der Waals surface area contributed by atoms with E-state index < -0.39 is 6.29 Å².